The minimum absolute atomic E-state index is 0.0136. The maximum absolute atomic E-state index is 11.8. The molecule has 0 amide bonds. The lowest BCUT2D eigenvalue weighted by Crippen LogP contribution is -2.24. The van der Waals surface area contributed by atoms with Crippen molar-refractivity contribution in [3.05, 3.63) is 30.0 Å². The molecule has 0 unspecified atom stereocenters. The second kappa shape index (κ2) is 5.57. The molecule has 0 radical (unpaired) electrons. The van der Waals surface area contributed by atoms with Gasteiger partial charge in [-0.2, -0.15) is 0 Å². The number of anilines is 1. The summed E-state index contributed by atoms with van der Waals surface area (Å²) in [5.74, 6) is 1.63. The van der Waals surface area contributed by atoms with Crippen molar-refractivity contribution < 1.29 is 14.3 Å². The van der Waals surface area contributed by atoms with E-state index in [9.17, 15) is 4.79 Å². The number of methoxy groups -OCH3 is 2. The van der Waals surface area contributed by atoms with Crippen LogP contribution in [0.15, 0.2) is 30.0 Å². The van der Waals surface area contributed by atoms with E-state index in [-0.39, 0.29) is 11.2 Å². The Morgan fingerprint density at radius 1 is 1.15 bits per heavy atom. The van der Waals surface area contributed by atoms with Crippen LogP contribution in [0.3, 0.4) is 0 Å². The molecular formula is C16H21NO3. The molecule has 0 heterocycles. The summed E-state index contributed by atoms with van der Waals surface area (Å²) in [5, 5.41) is 3.30. The van der Waals surface area contributed by atoms with Crippen LogP contribution < -0.4 is 14.8 Å². The summed E-state index contributed by atoms with van der Waals surface area (Å²) in [7, 11) is 3.25. The summed E-state index contributed by atoms with van der Waals surface area (Å²) < 4.78 is 10.6. The number of ether oxygens (including phenoxy) is 2. The number of allylic oxidation sites excluding steroid dienone is 2. The molecule has 0 fully saturated rings. The molecule has 1 aliphatic rings. The maximum Gasteiger partial charge on any atom is 0.157 e. The Morgan fingerprint density at radius 3 is 2.50 bits per heavy atom. The van der Waals surface area contributed by atoms with Gasteiger partial charge in [0.2, 0.25) is 0 Å². The number of rotatable bonds is 4. The topological polar surface area (TPSA) is 47.6 Å². The highest BCUT2D eigenvalue weighted by Gasteiger charge is 2.27. The van der Waals surface area contributed by atoms with Gasteiger partial charge in [0.1, 0.15) is 11.5 Å². The van der Waals surface area contributed by atoms with Gasteiger partial charge in [-0.3, -0.25) is 4.79 Å². The van der Waals surface area contributed by atoms with Gasteiger partial charge in [-0.1, -0.05) is 13.8 Å². The molecule has 0 aliphatic heterocycles. The van der Waals surface area contributed by atoms with Gasteiger partial charge in [0.05, 0.1) is 19.9 Å². The van der Waals surface area contributed by atoms with Crippen LogP contribution in [0.25, 0.3) is 0 Å². The molecule has 108 valence electrons. The summed E-state index contributed by atoms with van der Waals surface area (Å²) in [5.41, 5.74) is 1.71. The standard InChI is InChI=1S/C16H21NO3/c1-16(2)9-11(7-12(18)10-16)17-14-8-13(19-3)5-6-15(14)20-4/h5-8,17H,9-10H2,1-4H3. The Labute approximate surface area is 119 Å². The first-order valence-corrected chi connectivity index (χ1v) is 6.66. The van der Waals surface area contributed by atoms with Gasteiger partial charge in [-0.25, -0.2) is 0 Å². The fourth-order valence-electron chi connectivity index (χ4n) is 2.51. The van der Waals surface area contributed by atoms with E-state index in [1.165, 1.54) is 0 Å². The highest BCUT2D eigenvalue weighted by atomic mass is 16.5. The fourth-order valence-corrected chi connectivity index (χ4v) is 2.51. The van der Waals surface area contributed by atoms with Crippen LogP contribution in [-0.2, 0) is 4.79 Å². The highest BCUT2D eigenvalue weighted by Crippen LogP contribution is 2.36. The van der Waals surface area contributed by atoms with E-state index < -0.39 is 0 Å². The van der Waals surface area contributed by atoms with Crippen molar-refractivity contribution in [3.63, 3.8) is 0 Å². The quantitative estimate of drug-likeness (QED) is 0.915. The molecule has 4 heteroatoms. The Hall–Kier alpha value is -1.97. The van der Waals surface area contributed by atoms with Gasteiger partial charge in [-0.05, 0) is 24.0 Å². The predicted molar refractivity (Wildman–Crippen MR) is 79.3 cm³/mol. The Kier molecular flexibility index (Phi) is 4.02. The van der Waals surface area contributed by atoms with Crippen LogP contribution in [-0.4, -0.2) is 20.0 Å². The van der Waals surface area contributed by atoms with E-state index in [0.29, 0.717) is 6.42 Å². The van der Waals surface area contributed by atoms with Crippen LogP contribution in [0, 0.1) is 5.41 Å². The zero-order valence-electron chi connectivity index (χ0n) is 12.4. The molecule has 0 spiro atoms. The van der Waals surface area contributed by atoms with Crippen molar-refractivity contribution in [1.82, 2.24) is 0 Å². The smallest absolute Gasteiger partial charge is 0.157 e. The summed E-state index contributed by atoms with van der Waals surface area (Å²) in [6, 6.07) is 5.55. The van der Waals surface area contributed by atoms with Crippen molar-refractivity contribution in [3.8, 4) is 11.5 Å². The molecule has 2 rings (SSSR count). The number of hydrogen-bond acceptors (Lipinski definition) is 4. The average Bonchev–Trinajstić information content (AvgIpc) is 2.36. The lowest BCUT2D eigenvalue weighted by Gasteiger charge is -2.29. The molecular weight excluding hydrogens is 254 g/mol. The Bertz CT molecular complexity index is 547. The second-order valence-electron chi connectivity index (χ2n) is 5.84. The van der Waals surface area contributed by atoms with E-state index in [2.05, 4.69) is 19.2 Å². The summed E-state index contributed by atoms with van der Waals surface area (Å²) >= 11 is 0. The van der Waals surface area contributed by atoms with Crippen molar-refractivity contribution >= 4 is 11.5 Å². The minimum atomic E-state index is -0.0136. The molecule has 0 atom stereocenters. The maximum atomic E-state index is 11.8. The van der Waals surface area contributed by atoms with Gasteiger partial charge in [0.25, 0.3) is 0 Å². The summed E-state index contributed by atoms with van der Waals surface area (Å²) in [6.45, 7) is 4.20. The molecule has 1 N–H and O–H groups in total. The van der Waals surface area contributed by atoms with Gasteiger partial charge in [0, 0.05) is 24.3 Å². The molecule has 0 aromatic heterocycles. The van der Waals surface area contributed by atoms with Crippen molar-refractivity contribution in [2.24, 2.45) is 5.41 Å². The van der Waals surface area contributed by atoms with Crippen LogP contribution in [0.4, 0.5) is 5.69 Å². The summed E-state index contributed by atoms with van der Waals surface area (Å²) in [6.07, 6.45) is 3.11. The first kappa shape index (κ1) is 14.4. The molecule has 1 aromatic rings. The van der Waals surface area contributed by atoms with Crippen LogP contribution in [0.1, 0.15) is 26.7 Å². The number of ketones is 1. The zero-order chi connectivity index (χ0) is 14.8. The van der Waals surface area contributed by atoms with E-state index in [0.717, 1.165) is 29.3 Å². The molecule has 4 nitrogen and oxygen atoms in total. The van der Waals surface area contributed by atoms with Crippen LogP contribution >= 0.6 is 0 Å². The molecule has 0 bridgehead atoms. The van der Waals surface area contributed by atoms with E-state index >= 15 is 0 Å². The molecule has 1 aliphatic carbocycles. The van der Waals surface area contributed by atoms with Crippen LogP contribution in [0.5, 0.6) is 11.5 Å². The number of carbonyl (C=O) groups excluding carboxylic acids is 1. The van der Waals surface area contributed by atoms with E-state index in [1.807, 2.05) is 18.2 Å². The largest absolute Gasteiger partial charge is 0.497 e. The highest BCUT2D eigenvalue weighted by molar-refractivity contribution is 5.92. The second-order valence-corrected chi connectivity index (χ2v) is 5.84. The predicted octanol–water partition coefficient (Wildman–Crippen LogP) is 3.39. The monoisotopic (exact) mass is 275 g/mol. The van der Waals surface area contributed by atoms with Gasteiger partial charge in [-0.15, -0.1) is 0 Å². The minimum Gasteiger partial charge on any atom is -0.497 e. The number of benzene rings is 1. The van der Waals surface area contributed by atoms with Crippen molar-refractivity contribution in [2.45, 2.75) is 26.7 Å². The summed E-state index contributed by atoms with van der Waals surface area (Å²) in [4.78, 5) is 11.8. The number of hydrogen-bond donors (Lipinski definition) is 1. The third-order valence-electron chi connectivity index (χ3n) is 3.36. The molecule has 0 saturated carbocycles. The Balaban J connectivity index is 2.27. The number of nitrogens with one attached hydrogen (secondary N) is 1. The third kappa shape index (κ3) is 3.32. The third-order valence-corrected chi connectivity index (χ3v) is 3.36. The zero-order valence-corrected chi connectivity index (χ0v) is 12.4. The van der Waals surface area contributed by atoms with Gasteiger partial charge in [0.15, 0.2) is 5.78 Å². The molecule has 1 aromatic carbocycles. The SMILES string of the molecule is COc1ccc(OC)c(NC2=CC(=O)CC(C)(C)C2)c1. The lowest BCUT2D eigenvalue weighted by molar-refractivity contribution is -0.117. The normalized spacial score (nSPS) is 17.4. The van der Waals surface area contributed by atoms with Crippen molar-refractivity contribution in [1.29, 1.82) is 0 Å². The first-order valence-electron chi connectivity index (χ1n) is 6.66. The van der Waals surface area contributed by atoms with Crippen LogP contribution in [0.2, 0.25) is 0 Å². The average molecular weight is 275 g/mol. The molecule has 0 saturated heterocycles. The first-order chi connectivity index (χ1) is 9.43. The lowest BCUT2D eigenvalue weighted by atomic mass is 9.79. The number of carbonyl (C=O) groups is 1. The fraction of sp³-hybridized carbons (Fsp3) is 0.438. The van der Waals surface area contributed by atoms with Crippen molar-refractivity contribution in [2.75, 3.05) is 19.5 Å². The van der Waals surface area contributed by atoms with E-state index in [4.69, 9.17) is 9.47 Å². The molecule has 20 heavy (non-hydrogen) atoms. The van der Waals surface area contributed by atoms with Gasteiger partial charge >= 0.3 is 0 Å². The van der Waals surface area contributed by atoms with E-state index in [1.54, 1.807) is 20.3 Å². The Morgan fingerprint density at radius 2 is 1.90 bits per heavy atom. The van der Waals surface area contributed by atoms with Gasteiger partial charge < -0.3 is 14.8 Å².